The molecule has 1 aliphatic rings. The zero-order valence-corrected chi connectivity index (χ0v) is 12.9. The Morgan fingerprint density at radius 3 is 2.87 bits per heavy atom. The van der Waals surface area contributed by atoms with E-state index in [0.717, 1.165) is 41.5 Å². The summed E-state index contributed by atoms with van der Waals surface area (Å²) < 4.78 is 41.5. The molecule has 9 heteroatoms. The smallest absolute Gasteiger partial charge is 0.405 e. The van der Waals surface area contributed by atoms with Crippen molar-refractivity contribution >= 4 is 27.5 Å². The summed E-state index contributed by atoms with van der Waals surface area (Å²) in [4.78, 5) is 21.7. The number of nitrogens with one attached hydrogen (secondary N) is 1. The molecule has 0 aliphatic heterocycles. The largest absolute Gasteiger partial charge is 0.467 e. The molecule has 3 rings (SSSR count). The standard InChI is InChI=1S/C14H14F3N3O2S/c15-14(16,17)6-18-10(21)5-22-12-11-8-3-1-2-4-9(8)23-13(11)20-7-19-12/h7H,1-6H2,(H,18,21). The van der Waals surface area contributed by atoms with Crippen LogP contribution in [0.25, 0.3) is 10.2 Å². The number of hydrogen-bond donors (Lipinski definition) is 1. The van der Waals surface area contributed by atoms with Crippen molar-refractivity contribution in [3.05, 3.63) is 16.8 Å². The van der Waals surface area contributed by atoms with E-state index >= 15 is 0 Å². The highest BCUT2D eigenvalue weighted by Gasteiger charge is 2.28. The van der Waals surface area contributed by atoms with Crippen molar-refractivity contribution in [3.63, 3.8) is 0 Å². The second-order valence-electron chi connectivity index (χ2n) is 5.25. The van der Waals surface area contributed by atoms with E-state index in [2.05, 4.69) is 9.97 Å². The van der Waals surface area contributed by atoms with Gasteiger partial charge in [-0.25, -0.2) is 9.97 Å². The molecular weight excluding hydrogens is 331 g/mol. The monoisotopic (exact) mass is 345 g/mol. The fourth-order valence-corrected chi connectivity index (χ4v) is 3.77. The van der Waals surface area contributed by atoms with Crippen LogP contribution >= 0.6 is 11.3 Å². The zero-order chi connectivity index (χ0) is 16.4. The molecule has 0 unspecified atom stereocenters. The van der Waals surface area contributed by atoms with Crippen molar-refractivity contribution in [2.75, 3.05) is 13.2 Å². The number of carbonyl (C=O) groups is 1. The number of thiophene rings is 1. The van der Waals surface area contributed by atoms with Crippen molar-refractivity contribution in [1.82, 2.24) is 15.3 Å². The van der Waals surface area contributed by atoms with Crippen LogP contribution in [0.2, 0.25) is 0 Å². The van der Waals surface area contributed by atoms with Gasteiger partial charge >= 0.3 is 6.18 Å². The minimum atomic E-state index is -4.44. The quantitative estimate of drug-likeness (QED) is 0.925. The minimum Gasteiger partial charge on any atom is -0.467 e. The Morgan fingerprint density at radius 1 is 1.30 bits per heavy atom. The van der Waals surface area contributed by atoms with Crippen LogP contribution in [0.5, 0.6) is 5.88 Å². The predicted octanol–water partition coefficient (Wildman–Crippen LogP) is 2.63. The van der Waals surface area contributed by atoms with Gasteiger partial charge in [-0.15, -0.1) is 11.3 Å². The number of aryl methyl sites for hydroxylation is 2. The van der Waals surface area contributed by atoms with Gasteiger partial charge in [0.15, 0.2) is 6.61 Å². The summed E-state index contributed by atoms with van der Waals surface area (Å²) in [6.07, 6.45) is 0.987. The number of alkyl halides is 3. The van der Waals surface area contributed by atoms with Gasteiger partial charge in [0, 0.05) is 4.88 Å². The normalized spacial score (nSPS) is 14.6. The highest BCUT2D eigenvalue weighted by molar-refractivity contribution is 7.18. The number of carbonyl (C=O) groups excluding carboxylic acids is 1. The first-order valence-electron chi connectivity index (χ1n) is 7.15. The van der Waals surface area contributed by atoms with Crippen LogP contribution in [0.15, 0.2) is 6.33 Å². The van der Waals surface area contributed by atoms with Crippen molar-refractivity contribution in [2.24, 2.45) is 0 Å². The molecule has 124 valence electrons. The van der Waals surface area contributed by atoms with Crippen molar-refractivity contribution in [3.8, 4) is 5.88 Å². The Labute approximate surface area is 133 Å². The third kappa shape index (κ3) is 3.72. The first kappa shape index (κ1) is 16.0. The molecule has 0 spiro atoms. The Morgan fingerprint density at radius 2 is 2.09 bits per heavy atom. The highest BCUT2D eigenvalue weighted by atomic mass is 32.1. The molecule has 1 amide bonds. The van der Waals surface area contributed by atoms with Gasteiger partial charge in [0.25, 0.3) is 5.91 Å². The van der Waals surface area contributed by atoms with Crippen LogP contribution in [-0.4, -0.2) is 35.2 Å². The molecule has 23 heavy (non-hydrogen) atoms. The lowest BCUT2D eigenvalue weighted by molar-refractivity contribution is -0.139. The van der Waals surface area contributed by atoms with E-state index in [0.29, 0.717) is 0 Å². The van der Waals surface area contributed by atoms with Crippen LogP contribution < -0.4 is 10.1 Å². The number of amides is 1. The van der Waals surface area contributed by atoms with Crippen LogP contribution in [0.4, 0.5) is 13.2 Å². The molecule has 0 saturated carbocycles. The number of ether oxygens (including phenoxy) is 1. The third-order valence-corrected chi connectivity index (χ3v) is 4.74. The highest BCUT2D eigenvalue weighted by Crippen LogP contribution is 2.38. The van der Waals surface area contributed by atoms with Crippen molar-refractivity contribution in [1.29, 1.82) is 0 Å². The lowest BCUT2D eigenvalue weighted by Crippen LogP contribution is -2.36. The Balaban J connectivity index is 1.73. The van der Waals surface area contributed by atoms with Gasteiger partial charge in [0.2, 0.25) is 5.88 Å². The maximum absolute atomic E-state index is 12.1. The van der Waals surface area contributed by atoms with E-state index in [1.807, 2.05) is 0 Å². The minimum absolute atomic E-state index is 0.261. The average Bonchev–Trinajstić information content (AvgIpc) is 2.89. The summed E-state index contributed by atoms with van der Waals surface area (Å²) >= 11 is 1.58. The van der Waals surface area contributed by atoms with Gasteiger partial charge < -0.3 is 10.1 Å². The molecule has 0 fully saturated rings. The lowest BCUT2D eigenvalue weighted by Gasteiger charge is -2.12. The number of nitrogens with zero attached hydrogens (tertiary/aromatic N) is 2. The number of rotatable bonds is 4. The Hall–Kier alpha value is -1.90. The van der Waals surface area contributed by atoms with Gasteiger partial charge in [-0.3, -0.25) is 4.79 Å². The number of halogens is 3. The summed E-state index contributed by atoms with van der Waals surface area (Å²) in [6, 6.07) is 0. The Bertz CT molecular complexity index is 730. The van der Waals surface area contributed by atoms with Crippen LogP contribution in [0, 0.1) is 0 Å². The second-order valence-corrected chi connectivity index (χ2v) is 6.33. The summed E-state index contributed by atoms with van der Waals surface area (Å²) in [5.74, 6) is -0.574. The second kappa shape index (κ2) is 6.31. The SMILES string of the molecule is O=C(COc1ncnc2sc3c(c12)CCCC3)NCC(F)(F)F. The molecule has 0 radical (unpaired) electrons. The number of aromatic nitrogens is 2. The van der Waals surface area contributed by atoms with Gasteiger partial charge in [0.05, 0.1) is 5.39 Å². The van der Waals surface area contributed by atoms with Gasteiger partial charge in [0.1, 0.15) is 17.7 Å². The van der Waals surface area contributed by atoms with Gasteiger partial charge in [-0.2, -0.15) is 13.2 Å². The van der Waals surface area contributed by atoms with Crippen LogP contribution in [0.3, 0.4) is 0 Å². The van der Waals surface area contributed by atoms with E-state index in [-0.39, 0.29) is 5.88 Å². The van der Waals surface area contributed by atoms with Crippen LogP contribution in [0.1, 0.15) is 23.3 Å². The van der Waals surface area contributed by atoms with E-state index < -0.39 is 25.2 Å². The van der Waals surface area contributed by atoms with E-state index in [4.69, 9.17) is 4.74 Å². The summed E-state index contributed by atoms with van der Waals surface area (Å²) in [5, 5.41) is 2.56. The maximum atomic E-state index is 12.1. The first-order chi connectivity index (χ1) is 10.9. The molecule has 5 nitrogen and oxygen atoms in total. The van der Waals surface area contributed by atoms with E-state index in [1.54, 1.807) is 16.7 Å². The molecule has 0 saturated heterocycles. The number of hydrogen-bond acceptors (Lipinski definition) is 5. The summed E-state index contributed by atoms with van der Waals surface area (Å²) in [6.45, 7) is -1.88. The predicted molar refractivity (Wildman–Crippen MR) is 78.6 cm³/mol. The molecule has 1 N–H and O–H groups in total. The molecule has 2 aromatic rings. The third-order valence-electron chi connectivity index (χ3n) is 3.54. The Kier molecular flexibility index (Phi) is 4.38. The molecular formula is C14H14F3N3O2S. The summed E-state index contributed by atoms with van der Waals surface area (Å²) in [5.41, 5.74) is 1.14. The van der Waals surface area contributed by atoms with Gasteiger partial charge in [-0.1, -0.05) is 0 Å². The molecule has 2 aromatic heterocycles. The van der Waals surface area contributed by atoms with E-state index in [9.17, 15) is 18.0 Å². The molecule has 1 aliphatic carbocycles. The molecule has 0 bridgehead atoms. The zero-order valence-electron chi connectivity index (χ0n) is 12.1. The fourth-order valence-electron chi connectivity index (χ4n) is 2.55. The molecule has 0 atom stereocenters. The van der Waals surface area contributed by atoms with E-state index in [1.165, 1.54) is 11.2 Å². The topological polar surface area (TPSA) is 64.1 Å². The van der Waals surface area contributed by atoms with Gasteiger partial charge in [-0.05, 0) is 31.2 Å². The van der Waals surface area contributed by atoms with Crippen LogP contribution in [-0.2, 0) is 17.6 Å². The summed E-state index contributed by atoms with van der Waals surface area (Å²) in [7, 11) is 0. The number of fused-ring (bicyclic) bond motifs is 3. The molecule has 0 aromatic carbocycles. The van der Waals surface area contributed by atoms with Crippen molar-refractivity contribution in [2.45, 2.75) is 31.9 Å². The van der Waals surface area contributed by atoms with Crippen molar-refractivity contribution < 1.29 is 22.7 Å². The fraction of sp³-hybridized carbons (Fsp3) is 0.500. The first-order valence-corrected chi connectivity index (χ1v) is 7.97. The molecule has 2 heterocycles. The lowest BCUT2D eigenvalue weighted by atomic mass is 9.97. The average molecular weight is 345 g/mol. The maximum Gasteiger partial charge on any atom is 0.405 e.